The van der Waals surface area contributed by atoms with Crippen molar-refractivity contribution in [3.8, 4) is 0 Å². The maximum absolute atomic E-state index is 5.56. The van der Waals surface area contributed by atoms with E-state index in [-0.39, 0.29) is 0 Å². The largest absolute Gasteiger partial charge is 0.356 e. The monoisotopic (exact) mass is 283 g/mol. The van der Waals surface area contributed by atoms with Crippen molar-refractivity contribution in [1.29, 1.82) is 0 Å². The summed E-state index contributed by atoms with van der Waals surface area (Å²) in [7, 11) is 0. The first-order valence-corrected chi connectivity index (χ1v) is 7.32. The molecule has 21 heavy (non-hydrogen) atoms. The van der Waals surface area contributed by atoms with Crippen LogP contribution in [0.5, 0.6) is 0 Å². The van der Waals surface area contributed by atoms with Crippen molar-refractivity contribution in [3.63, 3.8) is 0 Å². The first-order chi connectivity index (χ1) is 10.2. The van der Waals surface area contributed by atoms with Crippen LogP contribution in [0.3, 0.4) is 0 Å². The predicted molar refractivity (Wildman–Crippen MR) is 85.4 cm³/mol. The minimum Gasteiger partial charge on any atom is -0.356 e. The fourth-order valence-corrected chi connectivity index (χ4v) is 2.94. The highest BCUT2D eigenvalue weighted by molar-refractivity contribution is 5.58. The first-order valence-electron chi connectivity index (χ1n) is 7.32. The Bertz CT molecular complexity index is 626. The van der Waals surface area contributed by atoms with Crippen LogP contribution in [0.2, 0.25) is 0 Å². The minimum atomic E-state index is 0.708. The summed E-state index contributed by atoms with van der Waals surface area (Å²) in [5.74, 6) is 8.00. The number of nitrogen functional groups attached to an aromatic ring is 1. The van der Waals surface area contributed by atoms with Crippen LogP contribution in [0, 0.1) is 13.8 Å². The van der Waals surface area contributed by atoms with E-state index in [0.29, 0.717) is 5.82 Å². The van der Waals surface area contributed by atoms with Gasteiger partial charge in [-0.15, -0.1) is 0 Å². The van der Waals surface area contributed by atoms with Gasteiger partial charge in [0.1, 0.15) is 17.5 Å². The van der Waals surface area contributed by atoms with E-state index < -0.39 is 0 Å². The van der Waals surface area contributed by atoms with Crippen LogP contribution in [0.4, 0.5) is 11.6 Å². The number of aryl methyl sites for hydroxylation is 1. The number of hydrazine groups is 1. The van der Waals surface area contributed by atoms with Crippen LogP contribution in [0.15, 0.2) is 24.3 Å². The molecular weight excluding hydrogens is 262 g/mol. The Morgan fingerprint density at radius 1 is 1.05 bits per heavy atom. The van der Waals surface area contributed by atoms with Gasteiger partial charge in [0.25, 0.3) is 0 Å². The van der Waals surface area contributed by atoms with Gasteiger partial charge >= 0.3 is 0 Å². The SMILES string of the molecule is Cc1nc(NN)c(C)c(N2CCc3ccccc3CC2)n1. The topological polar surface area (TPSA) is 67.1 Å². The molecule has 2 heterocycles. The smallest absolute Gasteiger partial charge is 0.148 e. The Morgan fingerprint density at radius 3 is 2.24 bits per heavy atom. The zero-order chi connectivity index (χ0) is 14.8. The molecule has 3 rings (SSSR count). The highest BCUT2D eigenvalue weighted by Gasteiger charge is 2.18. The van der Waals surface area contributed by atoms with E-state index in [2.05, 4.69) is 44.6 Å². The van der Waals surface area contributed by atoms with Gasteiger partial charge in [-0.1, -0.05) is 24.3 Å². The average molecular weight is 283 g/mol. The fourth-order valence-electron chi connectivity index (χ4n) is 2.94. The molecule has 1 aliphatic rings. The van der Waals surface area contributed by atoms with Gasteiger partial charge in [0.05, 0.1) is 0 Å². The van der Waals surface area contributed by atoms with E-state index >= 15 is 0 Å². The number of fused-ring (bicyclic) bond motifs is 1. The lowest BCUT2D eigenvalue weighted by atomic mass is 10.0. The van der Waals surface area contributed by atoms with E-state index in [4.69, 9.17) is 5.84 Å². The van der Waals surface area contributed by atoms with Gasteiger partial charge in [-0.2, -0.15) is 0 Å². The number of benzene rings is 1. The van der Waals surface area contributed by atoms with Crippen molar-refractivity contribution in [2.24, 2.45) is 5.84 Å². The van der Waals surface area contributed by atoms with Crippen molar-refractivity contribution in [2.75, 3.05) is 23.4 Å². The molecule has 1 aromatic carbocycles. The van der Waals surface area contributed by atoms with Crippen LogP contribution in [0.1, 0.15) is 22.5 Å². The van der Waals surface area contributed by atoms with Crippen molar-refractivity contribution in [3.05, 3.63) is 46.8 Å². The van der Waals surface area contributed by atoms with E-state index in [9.17, 15) is 0 Å². The highest BCUT2D eigenvalue weighted by Crippen LogP contribution is 2.25. The molecule has 0 aliphatic carbocycles. The Balaban J connectivity index is 1.91. The second kappa shape index (κ2) is 5.69. The Hall–Kier alpha value is -2.14. The molecule has 0 atom stereocenters. The van der Waals surface area contributed by atoms with Gasteiger partial charge in [0.15, 0.2) is 0 Å². The molecule has 1 aliphatic heterocycles. The quantitative estimate of drug-likeness (QED) is 0.651. The molecule has 1 aromatic heterocycles. The van der Waals surface area contributed by atoms with Crippen LogP contribution in [0.25, 0.3) is 0 Å². The van der Waals surface area contributed by atoms with Crippen LogP contribution in [-0.2, 0) is 12.8 Å². The lowest BCUT2D eigenvalue weighted by molar-refractivity contribution is 0.779. The third-order valence-corrected chi connectivity index (χ3v) is 4.09. The summed E-state index contributed by atoms with van der Waals surface area (Å²) in [6.45, 7) is 5.86. The summed E-state index contributed by atoms with van der Waals surface area (Å²) in [5.41, 5.74) is 6.57. The zero-order valence-corrected chi connectivity index (χ0v) is 12.6. The molecule has 0 spiro atoms. The molecule has 3 N–H and O–H groups in total. The van der Waals surface area contributed by atoms with Gasteiger partial charge in [-0.3, -0.25) is 0 Å². The standard InChI is InChI=1S/C16H21N5/c1-11-15(20-17)18-12(2)19-16(11)21-9-7-13-5-3-4-6-14(13)8-10-21/h3-6H,7-10,17H2,1-2H3,(H,18,19,20). The molecule has 2 aromatic rings. The molecule has 0 amide bonds. The maximum Gasteiger partial charge on any atom is 0.148 e. The van der Waals surface area contributed by atoms with Gasteiger partial charge < -0.3 is 10.3 Å². The number of nitrogens with one attached hydrogen (secondary N) is 1. The third kappa shape index (κ3) is 2.69. The summed E-state index contributed by atoms with van der Waals surface area (Å²) < 4.78 is 0. The molecular formula is C16H21N5. The summed E-state index contributed by atoms with van der Waals surface area (Å²) in [5, 5.41) is 0. The lowest BCUT2D eigenvalue weighted by Gasteiger charge is -2.24. The number of rotatable bonds is 2. The van der Waals surface area contributed by atoms with Gasteiger partial charge in [-0.05, 0) is 37.8 Å². The Kier molecular flexibility index (Phi) is 3.75. The van der Waals surface area contributed by atoms with E-state index in [1.165, 1.54) is 11.1 Å². The summed E-state index contributed by atoms with van der Waals surface area (Å²) in [6, 6.07) is 8.68. The number of nitrogens with two attached hydrogens (primary N) is 1. The fraction of sp³-hybridized carbons (Fsp3) is 0.375. The van der Waals surface area contributed by atoms with E-state index in [1.807, 2.05) is 13.8 Å². The van der Waals surface area contributed by atoms with Crippen molar-refractivity contribution in [2.45, 2.75) is 26.7 Å². The Labute approximate surface area is 125 Å². The molecule has 0 saturated carbocycles. The second-order valence-electron chi connectivity index (χ2n) is 5.47. The molecule has 0 radical (unpaired) electrons. The van der Waals surface area contributed by atoms with Crippen LogP contribution in [-0.4, -0.2) is 23.1 Å². The normalized spacial score (nSPS) is 14.5. The molecule has 5 nitrogen and oxygen atoms in total. The van der Waals surface area contributed by atoms with Crippen LogP contribution >= 0.6 is 0 Å². The van der Waals surface area contributed by atoms with Crippen molar-refractivity contribution in [1.82, 2.24) is 9.97 Å². The molecule has 0 bridgehead atoms. The van der Waals surface area contributed by atoms with Gasteiger partial charge in [0, 0.05) is 18.7 Å². The highest BCUT2D eigenvalue weighted by atomic mass is 15.3. The molecule has 5 heteroatoms. The van der Waals surface area contributed by atoms with Crippen molar-refractivity contribution >= 4 is 11.6 Å². The number of anilines is 2. The average Bonchev–Trinajstić information content (AvgIpc) is 2.72. The number of hydrogen-bond acceptors (Lipinski definition) is 5. The number of nitrogens with zero attached hydrogens (tertiary/aromatic N) is 3. The molecule has 110 valence electrons. The maximum atomic E-state index is 5.56. The van der Waals surface area contributed by atoms with E-state index in [0.717, 1.165) is 43.1 Å². The predicted octanol–water partition coefficient (Wildman–Crippen LogP) is 1.98. The number of hydrogen-bond donors (Lipinski definition) is 2. The molecule has 0 saturated heterocycles. The summed E-state index contributed by atoms with van der Waals surface area (Å²) in [4.78, 5) is 11.3. The van der Waals surface area contributed by atoms with E-state index in [1.54, 1.807) is 0 Å². The third-order valence-electron chi connectivity index (χ3n) is 4.09. The molecule has 0 unspecified atom stereocenters. The minimum absolute atomic E-state index is 0.708. The second-order valence-corrected chi connectivity index (χ2v) is 5.47. The Morgan fingerprint density at radius 2 is 1.67 bits per heavy atom. The van der Waals surface area contributed by atoms with Crippen LogP contribution < -0.4 is 16.2 Å². The lowest BCUT2D eigenvalue weighted by Crippen LogP contribution is -2.29. The van der Waals surface area contributed by atoms with Crippen molar-refractivity contribution < 1.29 is 0 Å². The summed E-state index contributed by atoms with van der Waals surface area (Å²) in [6.07, 6.45) is 2.09. The van der Waals surface area contributed by atoms with Gasteiger partial charge in [0.2, 0.25) is 0 Å². The van der Waals surface area contributed by atoms with Gasteiger partial charge in [-0.25, -0.2) is 15.8 Å². The number of aromatic nitrogens is 2. The first kappa shape index (κ1) is 13.8. The summed E-state index contributed by atoms with van der Waals surface area (Å²) >= 11 is 0. The molecule has 0 fully saturated rings. The zero-order valence-electron chi connectivity index (χ0n) is 12.6.